The van der Waals surface area contributed by atoms with Crippen LogP contribution in [0.1, 0.15) is 12.5 Å². The van der Waals surface area contributed by atoms with Crippen molar-refractivity contribution in [1.29, 1.82) is 0 Å². The van der Waals surface area contributed by atoms with Crippen LogP contribution in [0.3, 0.4) is 0 Å². The van der Waals surface area contributed by atoms with Crippen molar-refractivity contribution in [3.05, 3.63) is 35.6 Å². The number of hydrogen-bond acceptors (Lipinski definition) is 3. The lowest BCUT2D eigenvalue weighted by Gasteiger charge is -2.37. The minimum absolute atomic E-state index is 0.158. The van der Waals surface area contributed by atoms with Crippen molar-refractivity contribution in [2.45, 2.75) is 19.4 Å². The number of thiocarbonyl (C=S) groups is 1. The van der Waals surface area contributed by atoms with E-state index in [9.17, 15) is 14.0 Å². The van der Waals surface area contributed by atoms with E-state index < -0.39 is 6.04 Å². The van der Waals surface area contributed by atoms with E-state index in [2.05, 4.69) is 10.6 Å². The fraction of sp³-hybridized carbons (Fsp3) is 0.471. The van der Waals surface area contributed by atoms with E-state index in [1.165, 1.54) is 19.1 Å². The summed E-state index contributed by atoms with van der Waals surface area (Å²) >= 11 is 5.21. The van der Waals surface area contributed by atoms with Crippen molar-refractivity contribution in [2.24, 2.45) is 0 Å². The average Bonchev–Trinajstić information content (AvgIpc) is 2.59. The highest BCUT2D eigenvalue weighted by Gasteiger charge is 2.28. The first-order chi connectivity index (χ1) is 11.9. The summed E-state index contributed by atoms with van der Waals surface area (Å²) in [6, 6.07) is 5.36. The SMILES string of the molecule is CNC(=S)N1CCN(C(=O)C(Cc2cccc(F)c2)NC(C)=O)CC1. The van der Waals surface area contributed by atoms with E-state index in [0.29, 0.717) is 36.9 Å². The summed E-state index contributed by atoms with van der Waals surface area (Å²) in [5, 5.41) is 6.27. The molecule has 8 heteroatoms. The third kappa shape index (κ3) is 5.38. The maximum atomic E-state index is 13.4. The lowest BCUT2D eigenvalue weighted by molar-refractivity contribution is -0.137. The van der Waals surface area contributed by atoms with Crippen LogP contribution in [0, 0.1) is 5.82 Å². The molecule has 6 nitrogen and oxygen atoms in total. The first kappa shape index (κ1) is 19.1. The number of piperazine rings is 1. The first-order valence-electron chi connectivity index (χ1n) is 8.17. The molecule has 1 fully saturated rings. The molecule has 0 saturated carbocycles. The Morgan fingerprint density at radius 3 is 2.44 bits per heavy atom. The Kier molecular flexibility index (Phi) is 6.69. The van der Waals surface area contributed by atoms with Gasteiger partial charge in [-0.15, -0.1) is 0 Å². The number of rotatable bonds is 4. The monoisotopic (exact) mass is 366 g/mol. The van der Waals surface area contributed by atoms with Crippen LogP contribution < -0.4 is 10.6 Å². The van der Waals surface area contributed by atoms with Crippen LogP contribution >= 0.6 is 12.2 Å². The van der Waals surface area contributed by atoms with Gasteiger partial charge >= 0.3 is 0 Å². The second kappa shape index (κ2) is 8.75. The van der Waals surface area contributed by atoms with E-state index in [0.717, 1.165) is 0 Å². The summed E-state index contributed by atoms with van der Waals surface area (Å²) in [7, 11) is 1.77. The first-order valence-corrected chi connectivity index (χ1v) is 8.58. The van der Waals surface area contributed by atoms with Crippen LogP contribution in [0.15, 0.2) is 24.3 Å². The van der Waals surface area contributed by atoms with Crippen LogP contribution in [-0.2, 0) is 16.0 Å². The zero-order chi connectivity index (χ0) is 18.4. The van der Waals surface area contributed by atoms with Gasteiger partial charge in [-0.3, -0.25) is 9.59 Å². The highest BCUT2D eigenvalue weighted by atomic mass is 32.1. The zero-order valence-electron chi connectivity index (χ0n) is 14.4. The Labute approximate surface area is 152 Å². The normalized spacial score (nSPS) is 15.5. The topological polar surface area (TPSA) is 64.7 Å². The lowest BCUT2D eigenvalue weighted by atomic mass is 10.0. The van der Waals surface area contributed by atoms with Crippen molar-refractivity contribution in [1.82, 2.24) is 20.4 Å². The molecule has 1 saturated heterocycles. The van der Waals surface area contributed by atoms with Gasteiger partial charge in [-0.2, -0.15) is 0 Å². The molecule has 1 aromatic rings. The van der Waals surface area contributed by atoms with Crippen LogP contribution in [0.2, 0.25) is 0 Å². The van der Waals surface area contributed by atoms with E-state index in [1.807, 2.05) is 4.90 Å². The quantitative estimate of drug-likeness (QED) is 0.761. The van der Waals surface area contributed by atoms with E-state index in [1.54, 1.807) is 24.1 Å². The number of nitrogens with zero attached hydrogens (tertiary/aromatic N) is 2. The Balaban J connectivity index is 2.03. The minimum atomic E-state index is -0.706. The van der Waals surface area contributed by atoms with Crippen LogP contribution in [-0.4, -0.2) is 66.0 Å². The summed E-state index contributed by atoms with van der Waals surface area (Å²) in [5.41, 5.74) is 0.669. The van der Waals surface area contributed by atoms with Gasteiger partial charge in [-0.05, 0) is 29.9 Å². The third-order valence-electron chi connectivity index (χ3n) is 4.10. The number of carbonyl (C=O) groups excluding carboxylic acids is 2. The Morgan fingerprint density at radius 1 is 1.24 bits per heavy atom. The number of carbonyl (C=O) groups is 2. The molecule has 1 aliphatic rings. The van der Waals surface area contributed by atoms with Crippen molar-refractivity contribution in [3.63, 3.8) is 0 Å². The van der Waals surface area contributed by atoms with Crippen molar-refractivity contribution >= 4 is 29.1 Å². The highest BCUT2D eigenvalue weighted by molar-refractivity contribution is 7.80. The van der Waals surface area contributed by atoms with E-state index >= 15 is 0 Å². The molecule has 25 heavy (non-hydrogen) atoms. The summed E-state index contributed by atoms with van der Waals surface area (Å²) < 4.78 is 13.4. The molecule has 1 heterocycles. The van der Waals surface area contributed by atoms with E-state index in [4.69, 9.17) is 12.2 Å². The Hall–Kier alpha value is -2.22. The van der Waals surface area contributed by atoms with Gasteiger partial charge in [0.25, 0.3) is 0 Å². The summed E-state index contributed by atoms with van der Waals surface area (Å²) in [6.07, 6.45) is 0.255. The summed E-state index contributed by atoms with van der Waals surface area (Å²) in [4.78, 5) is 28.0. The molecule has 0 spiro atoms. The summed E-state index contributed by atoms with van der Waals surface area (Å²) in [6.45, 7) is 3.70. The fourth-order valence-electron chi connectivity index (χ4n) is 2.85. The second-order valence-corrected chi connectivity index (χ2v) is 6.34. The summed E-state index contributed by atoms with van der Waals surface area (Å²) in [5.74, 6) is -0.806. The zero-order valence-corrected chi connectivity index (χ0v) is 15.2. The molecule has 1 unspecified atom stereocenters. The number of hydrogen-bond donors (Lipinski definition) is 2. The Morgan fingerprint density at radius 2 is 1.88 bits per heavy atom. The maximum Gasteiger partial charge on any atom is 0.245 e. The smallest absolute Gasteiger partial charge is 0.245 e. The van der Waals surface area contributed by atoms with Gasteiger partial charge in [0.15, 0.2) is 5.11 Å². The molecule has 1 atom stereocenters. The van der Waals surface area contributed by atoms with Gasteiger partial charge in [-0.1, -0.05) is 12.1 Å². The molecule has 2 N–H and O–H groups in total. The highest BCUT2D eigenvalue weighted by Crippen LogP contribution is 2.11. The van der Waals surface area contributed by atoms with Crippen LogP contribution in [0.25, 0.3) is 0 Å². The molecular weight excluding hydrogens is 343 g/mol. The van der Waals surface area contributed by atoms with Gasteiger partial charge in [-0.25, -0.2) is 4.39 Å². The molecule has 0 aromatic heterocycles. The molecule has 2 amide bonds. The van der Waals surface area contributed by atoms with Crippen LogP contribution in [0.5, 0.6) is 0 Å². The van der Waals surface area contributed by atoms with Gasteiger partial charge < -0.3 is 20.4 Å². The predicted octanol–water partition coefficient (Wildman–Crippen LogP) is 0.521. The van der Waals surface area contributed by atoms with Crippen molar-refractivity contribution in [2.75, 3.05) is 33.2 Å². The minimum Gasteiger partial charge on any atom is -0.366 e. The van der Waals surface area contributed by atoms with Crippen molar-refractivity contribution < 1.29 is 14.0 Å². The van der Waals surface area contributed by atoms with Crippen molar-refractivity contribution in [3.8, 4) is 0 Å². The average molecular weight is 366 g/mol. The fourth-order valence-corrected chi connectivity index (χ4v) is 3.04. The molecule has 1 aromatic carbocycles. The predicted molar refractivity (Wildman–Crippen MR) is 97.5 cm³/mol. The van der Waals surface area contributed by atoms with Gasteiger partial charge in [0.2, 0.25) is 11.8 Å². The largest absolute Gasteiger partial charge is 0.366 e. The van der Waals surface area contributed by atoms with Gasteiger partial charge in [0.1, 0.15) is 11.9 Å². The molecular formula is C17H23FN4O2S. The maximum absolute atomic E-state index is 13.4. The molecule has 0 bridgehead atoms. The molecule has 0 radical (unpaired) electrons. The third-order valence-corrected chi connectivity index (χ3v) is 4.56. The molecule has 0 aliphatic carbocycles. The molecule has 2 rings (SSSR count). The molecule has 136 valence electrons. The second-order valence-electron chi connectivity index (χ2n) is 5.95. The number of benzene rings is 1. The van der Waals surface area contributed by atoms with E-state index in [-0.39, 0.29) is 24.1 Å². The molecule has 1 aliphatic heterocycles. The standard InChI is InChI=1S/C17H23FN4O2S/c1-12(23)20-15(11-13-4-3-5-14(18)10-13)16(24)21-6-8-22(9-7-21)17(25)19-2/h3-5,10,15H,6-9,11H2,1-2H3,(H,19,25)(H,20,23). The number of nitrogens with one attached hydrogen (secondary N) is 2. The number of halogens is 1. The van der Waals surface area contributed by atoms with Crippen LogP contribution in [0.4, 0.5) is 4.39 Å². The Bertz CT molecular complexity index is 647. The van der Waals surface area contributed by atoms with Gasteiger partial charge in [0.05, 0.1) is 0 Å². The number of amides is 2. The lowest BCUT2D eigenvalue weighted by Crippen LogP contribution is -2.57. The van der Waals surface area contributed by atoms with Gasteiger partial charge in [0, 0.05) is 46.6 Å².